The molecule has 2 aromatic rings. The number of nitrogens with one attached hydrogen (secondary N) is 1. The number of amides is 1. The van der Waals surface area contributed by atoms with Crippen LogP contribution in [-0.4, -0.2) is 31.8 Å². The molecule has 0 radical (unpaired) electrons. The zero-order valence-electron chi connectivity index (χ0n) is 12.6. The van der Waals surface area contributed by atoms with Crippen LogP contribution in [0.4, 0.5) is 0 Å². The standard InChI is InChI=1S/C16H18N2O4/c1-4-7-17-16(19)10-12-9-14(22-18-12)11-5-6-13(20-2)15(8-11)21-3/h4-6,8-9H,1,7,10H2,2-3H3,(H,17,19). The summed E-state index contributed by atoms with van der Waals surface area (Å²) in [7, 11) is 3.14. The first-order chi connectivity index (χ1) is 10.7. The van der Waals surface area contributed by atoms with Crippen molar-refractivity contribution in [3.8, 4) is 22.8 Å². The molecule has 1 aromatic heterocycles. The largest absolute Gasteiger partial charge is 0.493 e. The van der Waals surface area contributed by atoms with E-state index in [4.69, 9.17) is 14.0 Å². The minimum absolute atomic E-state index is 0.132. The molecule has 0 saturated heterocycles. The second kappa shape index (κ2) is 7.31. The summed E-state index contributed by atoms with van der Waals surface area (Å²) < 4.78 is 15.7. The quantitative estimate of drug-likeness (QED) is 0.794. The number of benzene rings is 1. The second-order valence-electron chi connectivity index (χ2n) is 4.52. The molecule has 0 fully saturated rings. The Morgan fingerprint density at radius 3 is 2.77 bits per heavy atom. The maximum atomic E-state index is 11.6. The third-order valence-electron chi connectivity index (χ3n) is 3.01. The molecule has 116 valence electrons. The molecule has 0 aliphatic rings. The predicted octanol–water partition coefficient (Wildman–Crippen LogP) is 2.20. The predicted molar refractivity (Wildman–Crippen MR) is 82.0 cm³/mol. The van der Waals surface area contributed by atoms with Gasteiger partial charge in [-0.25, -0.2) is 0 Å². The van der Waals surface area contributed by atoms with Gasteiger partial charge in [0.05, 0.1) is 26.3 Å². The van der Waals surface area contributed by atoms with E-state index < -0.39 is 0 Å². The minimum atomic E-state index is -0.132. The molecule has 6 heteroatoms. The lowest BCUT2D eigenvalue weighted by atomic mass is 10.1. The topological polar surface area (TPSA) is 73.6 Å². The van der Waals surface area contributed by atoms with Crippen LogP contribution in [0.1, 0.15) is 5.69 Å². The molecule has 1 N–H and O–H groups in total. The van der Waals surface area contributed by atoms with Gasteiger partial charge in [0.15, 0.2) is 17.3 Å². The van der Waals surface area contributed by atoms with Crippen molar-refractivity contribution in [1.29, 1.82) is 0 Å². The Balaban J connectivity index is 2.14. The number of carbonyl (C=O) groups excluding carboxylic acids is 1. The van der Waals surface area contributed by atoms with Gasteiger partial charge in [-0.2, -0.15) is 0 Å². The summed E-state index contributed by atoms with van der Waals surface area (Å²) in [5.41, 5.74) is 1.36. The maximum absolute atomic E-state index is 11.6. The molecule has 1 heterocycles. The Labute approximate surface area is 128 Å². The molecule has 6 nitrogen and oxygen atoms in total. The molecular weight excluding hydrogens is 284 g/mol. The molecule has 1 amide bonds. The number of rotatable bonds is 7. The van der Waals surface area contributed by atoms with Crippen molar-refractivity contribution >= 4 is 5.91 Å². The van der Waals surface area contributed by atoms with E-state index >= 15 is 0 Å². The van der Waals surface area contributed by atoms with Gasteiger partial charge in [0.25, 0.3) is 0 Å². The van der Waals surface area contributed by atoms with Crippen molar-refractivity contribution in [2.75, 3.05) is 20.8 Å². The van der Waals surface area contributed by atoms with Crippen LogP contribution in [0.3, 0.4) is 0 Å². The number of ether oxygens (including phenoxy) is 2. The summed E-state index contributed by atoms with van der Waals surface area (Å²) in [5, 5.41) is 6.59. The van der Waals surface area contributed by atoms with Gasteiger partial charge in [0, 0.05) is 18.2 Å². The van der Waals surface area contributed by atoms with Crippen molar-refractivity contribution < 1.29 is 18.8 Å². The summed E-state index contributed by atoms with van der Waals surface area (Å²) in [4.78, 5) is 11.6. The van der Waals surface area contributed by atoms with Crippen LogP contribution in [-0.2, 0) is 11.2 Å². The van der Waals surface area contributed by atoms with Gasteiger partial charge in [-0.15, -0.1) is 6.58 Å². The highest BCUT2D eigenvalue weighted by Gasteiger charge is 2.12. The van der Waals surface area contributed by atoms with Crippen LogP contribution in [0.2, 0.25) is 0 Å². The first-order valence-electron chi connectivity index (χ1n) is 6.73. The molecule has 22 heavy (non-hydrogen) atoms. The first-order valence-corrected chi connectivity index (χ1v) is 6.73. The highest BCUT2D eigenvalue weighted by Crippen LogP contribution is 2.32. The Hall–Kier alpha value is -2.76. The zero-order chi connectivity index (χ0) is 15.9. The maximum Gasteiger partial charge on any atom is 0.226 e. The van der Waals surface area contributed by atoms with Crippen molar-refractivity contribution in [1.82, 2.24) is 10.5 Å². The van der Waals surface area contributed by atoms with Crippen LogP contribution in [0, 0.1) is 0 Å². The van der Waals surface area contributed by atoms with E-state index in [0.717, 1.165) is 5.56 Å². The van der Waals surface area contributed by atoms with Crippen LogP contribution < -0.4 is 14.8 Å². The van der Waals surface area contributed by atoms with Gasteiger partial charge in [-0.05, 0) is 18.2 Å². The van der Waals surface area contributed by atoms with Gasteiger partial charge in [-0.3, -0.25) is 4.79 Å². The third kappa shape index (κ3) is 3.66. The lowest BCUT2D eigenvalue weighted by Crippen LogP contribution is -2.24. The fourth-order valence-electron chi connectivity index (χ4n) is 1.93. The number of carbonyl (C=O) groups is 1. The SMILES string of the molecule is C=CCNC(=O)Cc1cc(-c2ccc(OC)c(OC)c2)on1. The van der Waals surface area contributed by atoms with E-state index in [1.54, 1.807) is 38.5 Å². The molecule has 0 unspecified atom stereocenters. The van der Waals surface area contributed by atoms with Crippen LogP contribution in [0.25, 0.3) is 11.3 Å². The van der Waals surface area contributed by atoms with E-state index in [-0.39, 0.29) is 12.3 Å². The molecule has 0 atom stereocenters. The summed E-state index contributed by atoms with van der Waals surface area (Å²) in [6.07, 6.45) is 1.78. The van der Waals surface area contributed by atoms with E-state index in [1.807, 2.05) is 6.07 Å². The van der Waals surface area contributed by atoms with E-state index in [0.29, 0.717) is 29.5 Å². The van der Waals surface area contributed by atoms with Gasteiger partial charge in [0.2, 0.25) is 5.91 Å². The summed E-state index contributed by atoms with van der Waals surface area (Å²) in [5.74, 6) is 1.66. The number of nitrogens with zero attached hydrogens (tertiary/aromatic N) is 1. The highest BCUT2D eigenvalue weighted by atomic mass is 16.5. The summed E-state index contributed by atoms with van der Waals surface area (Å²) in [6.45, 7) is 3.97. The molecule has 0 saturated carbocycles. The Bertz CT molecular complexity index is 664. The highest BCUT2D eigenvalue weighted by molar-refractivity contribution is 5.78. The lowest BCUT2D eigenvalue weighted by molar-refractivity contribution is -0.120. The molecule has 0 aliphatic heterocycles. The van der Waals surface area contributed by atoms with Gasteiger partial charge >= 0.3 is 0 Å². The normalized spacial score (nSPS) is 10.1. The van der Waals surface area contributed by atoms with Crippen molar-refractivity contribution in [3.05, 3.63) is 42.6 Å². The second-order valence-corrected chi connectivity index (χ2v) is 4.52. The first kappa shape index (κ1) is 15.6. The number of aromatic nitrogens is 1. The molecule has 0 spiro atoms. The number of methoxy groups -OCH3 is 2. The number of hydrogen-bond donors (Lipinski definition) is 1. The van der Waals surface area contributed by atoms with Crippen LogP contribution >= 0.6 is 0 Å². The summed E-state index contributed by atoms with van der Waals surface area (Å²) >= 11 is 0. The molecule has 1 aromatic carbocycles. The van der Waals surface area contributed by atoms with Crippen LogP contribution in [0.15, 0.2) is 41.4 Å². The minimum Gasteiger partial charge on any atom is -0.493 e. The summed E-state index contributed by atoms with van der Waals surface area (Å²) in [6, 6.07) is 7.15. The molecule has 2 rings (SSSR count). The Kier molecular flexibility index (Phi) is 5.19. The molecule has 0 aliphatic carbocycles. The zero-order valence-corrected chi connectivity index (χ0v) is 12.6. The lowest BCUT2D eigenvalue weighted by Gasteiger charge is -2.07. The molecule has 0 bridgehead atoms. The van der Waals surface area contributed by atoms with Crippen molar-refractivity contribution in [2.45, 2.75) is 6.42 Å². The van der Waals surface area contributed by atoms with Crippen molar-refractivity contribution in [3.63, 3.8) is 0 Å². The fraction of sp³-hybridized carbons (Fsp3) is 0.250. The van der Waals surface area contributed by atoms with E-state index in [1.165, 1.54) is 0 Å². The average Bonchev–Trinajstić information content (AvgIpc) is 3.00. The van der Waals surface area contributed by atoms with Gasteiger partial charge in [0.1, 0.15) is 0 Å². The van der Waals surface area contributed by atoms with E-state index in [2.05, 4.69) is 17.1 Å². The monoisotopic (exact) mass is 302 g/mol. The molecular formula is C16H18N2O4. The third-order valence-corrected chi connectivity index (χ3v) is 3.01. The Morgan fingerprint density at radius 2 is 2.09 bits per heavy atom. The Morgan fingerprint density at radius 1 is 1.32 bits per heavy atom. The fourth-order valence-corrected chi connectivity index (χ4v) is 1.93. The van der Waals surface area contributed by atoms with Crippen molar-refractivity contribution in [2.24, 2.45) is 0 Å². The van der Waals surface area contributed by atoms with E-state index in [9.17, 15) is 4.79 Å². The van der Waals surface area contributed by atoms with Crippen LogP contribution in [0.5, 0.6) is 11.5 Å². The van der Waals surface area contributed by atoms with Gasteiger partial charge in [-0.1, -0.05) is 11.2 Å². The average molecular weight is 302 g/mol. The smallest absolute Gasteiger partial charge is 0.226 e. The van der Waals surface area contributed by atoms with Gasteiger partial charge < -0.3 is 19.3 Å². The number of hydrogen-bond acceptors (Lipinski definition) is 5.